The molecule has 2 saturated carbocycles. The normalized spacial score (nSPS) is 33.5. The van der Waals surface area contributed by atoms with Crippen molar-refractivity contribution in [3.63, 3.8) is 0 Å². The minimum absolute atomic E-state index is 0. The van der Waals surface area contributed by atoms with Crippen molar-refractivity contribution in [2.45, 2.75) is 51.0 Å². The molecule has 3 aliphatic rings. The van der Waals surface area contributed by atoms with Gasteiger partial charge in [-0.3, -0.25) is 4.18 Å². The Labute approximate surface area is 170 Å². The monoisotopic (exact) mass is 372 g/mol. The summed E-state index contributed by atoms with van der Waals surface area (Å²) < 4.78 is 38.1. The minimum atomic E-state index is -4.68. The molecule has 4 atom stereocenters. The first kappa shape index (κ1) is 19.4. The van der Waals surface area contributed by atoms with Gasteiger partial charge in [0.15, 0.2) is 0 Å². The maximum absolute atomic E-state index is 11.1. The molecule has 1 aromatic carbocycles. The summed E-state index contributed by atoms with van der Waals surface area (Å²) in [7, 11) is -4.68. The molecule has 2 fully saturated rings. The smallest absolute Gasteiger partial charge is 0.726 e. The Kier molecular flexibility index (Phi) is 5.17. The summed E-state index contributed by atoms with van der Waals surface area (Å²) in [4.78, 5) is 0. The summed E-state index contributed by atoms with van der Waals surface area (Å²) in [6.07, 6.45) is 5.71. The summed E-state index contributed by atoms with van der Waals surface area (Å²) >= 11 is 0. The average Bonchev–Trinajstić information content (AvgIpc) is 2.82. The van der Waals surface area contributed by atoms with Crippen molar-refractivity contribution in [1.29, 1.82) is 0 Å². The largest absolute Gasteiger partial charge is 1.00 e. The van der Waals surface area contributed by atoms with Gasteiger partial charge in [0.25, 0.3) is 0 Å². The molecule has 3 aliphatic carbocycles. The van der Waals surface area contributed by atoms with Crippen LogP contribution in [-0.2, 0) is 21.0 Å². The first-order valence-electron chi connectivity index (χ1n) is 8.44. The zero-order chi connectivity index (χ0) is 17.1. The molecular weight excluding hydrogens is 351 g/mol. The summed E-state index contributed by atoms with van der Waals surface area (Å²) in [5, 5.41) is 9.69. The number of phenols is 1. The standard InChI is InChI=1S/C18H22O5S.Na/c1-18-9-8-14-13-5-3-12(19)10-11(13)2-4-15(14)16(18)6-7-17(18)23-24(20,21)22;/h3-5,10,14,16-17,19H,2,6-9H2,1H3,(H,20,21,22);/q;+1/p-1/t14-,16+,17+,18+;/m1./s1. The van der Waals surface area contributed by atoms with Crippen LogP contribution in [-0.4, -0.2) is 24.2 Å². The maximum Gasteiger partial charge on any atom is 1.00 e. The van der Waals surface area contributed by atoms with E-state index < -0.39 is 16.5 Å². The summed E-state index contributed by atoms with van der Waals surface area (Å²) in [5.41, 5.74) is 3.50. The Hall–Kier alpha value is -0.370. The van der Waals surface area contributed by atoms with Crippen molar-refractivity contribution in [1.82, 2.24) is 0 Å². The van der Waals surface area contributed by atoms with E-state index in [1.807, 2.05) is 12.1 Å². The van der Waals surface area contributed by atoms with Crippen molar-refractivity contribution in [3.8, 4) is 5.75 Å². The minimum Gasteiger partial charge on any atom is -0.726 e. The van der Waals surface area contributed by atoms with Crippen LogP contribution in [0, 0.1) is 11.3 Å². The van der Waals surface area contributed by atoms with Gasteiger partial charge in [-0.1, -0.05) is 24.6 Å². The van der Waals surface area contributed by atoms with E-state index in [0.717, 1.165) is 25.7 Å². The number of fused-ring (bicyclic) bond motifs is 5. The Morgan fingerprint density at radius 1 is 1.28 bits per heavy atom. The van der Waals surface area contributed by atoms with Crippen LogP contribution in [0.25, 0.3) is 0 Å². The summed E-state index contributed by atoms with van der Waals surface area (Å²) in [6, 6.07) is 5.58. The molecular formula is C18H21NaO5S. The van der Waals surface area contributed by atoms with Gasteiger partial charge >= 0.3 is 29.6 Å². The zero-order valence-electron chi connectivity index (χ0n) is 14.6. The van der Waals surface area contributed by atoms with Gasteiger partial charge in [0.05, 0.1) is 6.10 Å². The number of allylic oxidation sites excluding steroid dienone is 2. The van der Waals surface area contributed by atoms with Crippen molar-refractivity contribution >= 4 is 10.4 Å². The number of rotatable bonds is 2. The van der Waals surface area contributed by atoms with Crippen LogP contribution in [0.3, 0.4) is 0 Å². The fourth-order valence-corrected chi connectivity index (χ4v) is 5.81. The van der Waals surface area contributed by atoms with Crippen LogP contribution in [0.5, 0.6) is 5.75 Å². The Morgan fingerprint density at radius 2 is 2.04 bits per heavy atom. The molecule has 0 bridgehead atoms. The van der Waals surface area contributed by atoms with Gasteiger partial charge in [0, 0.05) is 11.3 Å². The molecule has 130 valence electrons. The molecule has 7 heteroatoms. The SMILES string of the molecule is C[C@]12CC[C@H]3C(=CCc4cc(O)ccc43)[C@@H]1CC[C@@H]2OS(=O)(=O)[O-].[Na+]. The third-order valence-electron chi connectivity index (χ3n) is 6.32. The van der Waals surface area contributed by atoms with Gasteiger partial charge in [0.2, 0.25) is 10.4 Å². The van der Waals surface area contributed by atoms with Gasteiger partial charge in [-0.05, 0) is 61.3 Å². The molecule has 5 nitrogen and oxygen atoms in total. The van der Waals surface area contributed by atoms with E-state index in [1.165, 1.54) is 16.7 Å². The van der Waals surface area contributed by atoms with Crippen LogP contribution in [0.1, 0.15) is 49.7 Å². The molecule has 0 saturated heterocycles. The van der Waals surface area contributed by atoms with Crippen LogP contribution in [0.2, 0.25) is 0 Å². The van der Waals surface area contributed by atoms with Crippen molar-refractivity contribution < 1.29 is 51.8 Å². The Bertz CT molecular complexity index is 819. The van der Waals surface area contributed by atoms with Crippen LogP contribution in [0.15, 0.2) is 29.8 Å². The molecule has 25 heavy (non-hydrogen) atoms. The molecule has 4 rings (SSSR count). The molecule has 0 unspecified atom stereocenters. The van der Waals surface area contributed by atoms with E-state index >= 15 is 0 Å². The van der Waals surface area contributed by atoms with E-state index in [1.54, 1.807) is 6.07 Å². The third-order valence-corrected chi connectivity index (χ3v) is 6.79. The third kappa shape index (κ3) is 3.33. The van der Waals surface area contributed by atoms with E-state index in [2.05, 4.69) is 13.0 Å². The van der Waals surface area contributed by atoms with E-state index in [-0.39, 0.29) is 40.9 Å². The van der Waals surface area contributed by atoms with Crippen molar-refractivity contribution in [2.75, 3.05) is 0 Å². The first-order valence-corrected chi connectivity index (χ1v) is 9.77. The van der Waals surface area contributed by atoms with Crippen LogP contribution in [0.4, 0.5) is 0 Å². The van der Waals surface area contributed by atoms with Gasteiger partial charge in [0.1, 0.15) is 5.75 Å². The molecule has 0 heterocycles. The second-order valence-corrected chi connectivity index (χ2v) is 8.52. The van der Waals surface area contributed by atoms with Crippen LogP contribution < -0.4 is 29.6 Å². The fourth-order valence-electron chi connectivity index (χ4n) is 5.21. The maximum atomic E-state index is 11.1. The molecule has 1 N–H and O–H groups in total. The zero-order valence-corrected chi connectivity index (χ0v) is 17.4. The van der Waals surface area contributed by atoms with Crippen LogP contribution >= 0.6 is 0 Å². The number of hydrogen-bond donors (Lipinski definition) is 1. The second-order valence-electron chi connectivity index (χ2n) is 7.51. The molecule has 0 aromatic heterocycles. The number of aromatic hydroxyl groups is 1. The van der Waals surface area contributed by atoms with Gasteiger partial charge in [-0.15, -0.1) is 0 Å². The fraction of sp³-hybridized carbons (Fsp3) is 0.556. The summed E-state index contributed by atoms with van der Waals surface area (Å²) in [5.74, 6) is 0.876. The topological polar surface area (TPSA) is 86.7 Å². The Morgan fingerprint density at radius 3 is 2.76 bits per heavy atom. The van der Waals surface area contributed by atoms with E-state index in [0.29, 0.717) is 18.1 Å². The van der Waals surface area contributed by atoms with Gasteiger partial charge in [-0.2, -0.15) is 0 Å². The molecule has 1 aromatic rings. The second kappa shape index (κ2) is 6.66. The molecule has 0 aliphatic heterocycles. The number of benzene rings is 1. The quantitative estimate of drug-likeness (QED) is 0.342. The van der Waals surface area contributed by atoms with E-state index in [4.69, 9.17) is 4.18 Å². The molecule has 0 amide bonds. The predicted octanol–water partition coefficient (Wildman–Crippen LogP) is 0.0178. The predicted molar refractivity (Wildman–Crippen MR) is 87.3 cm³/mol. The van der Waals surface area contributed by atoms with Crippen molar-refractivity contribution in [3.05, 3.63) is 41.0 Å². The van der Waals surface area contributed by atoms with Gasteiger partial charge < -0.3 is 9.66 Å². The average molecular weight is 372 g/mol. The van der Waals surface area contributed by atoms with Crippen molar-refractivity contribution in [2.24, 2.45) is 11.3 Å². The molecule has 0 radical (unpaired) electrons. The Balaban J connectivity index is 0.00000182. The molecule has 0 spiro atoms. The van der Waals surface area contributed by atoms with E-state index in [9.17, 15) is 18.1 Å². The number of hydrogen-bond acceptors (Lipinski definition) is 5. The summed E-state index contributed by atoms with van der Waals surface area (Å²) in [6.45, 7) is 2.06. The first-order chi connectivity index (χ1) is 11.3. The number of phenolic OH excluding ortho intramolecular Hbond substituents is 1. The van der Waals surface area contributed by atoms with Gasteiger partial charge in [-0.25, -0.2) is 8.42 Å².